The average Bonchev–Trinajstić information content (AvgIpc) is 2.08. The maximum atomic E-state index is 10.4. The number of carboxylic acids is 3. The smallest absolute Gasteiger partial charge is 0.550 e. The molecule has 0 bridgehead atoms. The molecule has 1 N–H and O–H groups in total. The van der Waals surface area contributed by atoms with Crippen molar-refractivity contribution in [3.63, 3.8) is 0 Å². The summed E-state index contributed by atoms with van der Waals surface area (Å²) in [5.41, 5.74) is 0. The Bertz CT molecular complexity index is 263. The summed E-state index contributed by atoms with van der Waals surface area (Å²) in [6, 6.07) is -1.36. The molecule has 0 unspecified atom stereocenters. The van der Waals surface area contributed by atoms with Crippen molar-refractivity contribution in [3.05, 3.63) is 0 Å². The van der Waals surface area contributed by atoms with Crippen molar-refractivity contribution in [2.45, 2.75) is 25.3 Å². The number of nitrogens with one attached hydrogen (secondary N) is 1. The SMILES string of the molecule is O=C([O-])CCCN[C@@H](CC(=O)[O-])C(=O)[O-].[Na+].[Na+].[Na+]. The maximum Gasteiger partial charge on any atom is 1.00 e. The van der Waals surface area contributed by atoms with Gasteiger partial charge in [-0.3, -0.25) is 0 Å². The molecule has 0 saturated heterocycles. The first kappa shape index (κ1) is 27.7. The van der Waals surface area contributed by atoms with E-state index in [1.165, 1.54) is 0 Å². The number of rotatable bonds is 8. The molecule has 0 aliphatic heterocycles. The van der Waals surface area contributed by atoms with Crippen LogP contribution in [0.15, 0.2) is 0 Å². The Balaban J connectivity index is -0.000000327. The van der Waals surface area contributed by atoms with Crippen LogP contribution in [-0.2, 0) is 14.4 Å². The fourth-order valence-electron chi connectivity index (χ4n) is 0.915. The zero-order valence-electron chi connectivity index (χ0n) is 10.9. The molecule has 0 aromatic rings. The molecule has 0 heterocycles. The van der Waals surface area contributed by atoms with Gasteiger partial charge in [0.15, 0.2) is 0 Å². The molecule has 0 aliphatic rings. The third kappa shape index (κ3) is 17.4. The summed E-state index contributed by atoms with van der Waals surface area (Å²) in [7, 11) is 0. The Kier molecular flexibility index (Phi) is 25.2. The van der Waals surface area contributed by atoms with E-state index in [1.54, 1.807) is 0 Å². The van der Waals surface area contributed by atoms with Crippen LogP contribution in [0.2, 0.25) is 0 Å². The van der Waals surface area contributed by atoms with Gasteiger partial charge in [0.05, 0.1) is 12.0 Å². The second-order valence-electron chi connectivity index (χ2n) is 2.88. The Labute approximate surface area is 171 Å². The topological polar surface area (TPSA) is 132 Å². The summed E-state index contributed by atoms with van der Waals surface area (Å²) >= 11 is 0. The van der Waals surface area contributed by atoms with E-state index in [0.29, 0.717) is 0 Å². The zero-order chi connectivity index (χ0) is 11.8. The van der Waals surface area contributed by atoms with Gasteiger partial charge in [0.1, 0.15) is 0 Å². The minimum Gasteiger partial charge on any atom is -0.550 e. The number of aliphatic carboxylic acids is 3. The van der Waals surface area contributed by atoms with E-state index in [9.17, 15) is 29.7 Å². The Hall–Kier alpha value is 1.37. The molecule has 7 nitrogen and oxygen atoms in total. The monoisotopic (exact) mass is 285 g/mol. The number of hydrogen-bond acceptors (Lipinski definition) is 7. The fourth-order valence-corrected chi connectivity index (χ4v) is 0.915. The summed E-state index contributed by atoms with van der Waals surface area (Å²) < 4.78 is 0. The van der Waals surface area contributed by atoms with Crippen LogP contribution in [0.5, 0.6) is 0 Å². The standard InChI is InChI=1S/C8H13NO6.3Na/c10-6(11)2-1-3-9-5(8(14)15)4-7(12)13;;;/h5,9H,1-4H2,(H,10,11)(H,12,13)(H,14,15);;;/q;3*+1/p-3/t5-;;;/m0.../s1. The molecule has 0 spiro atoms. The van der Waals surface area contributed by atoms with E-state index < -0.39 is 30.4 Å². The summed E-state index contributed by atoms with van der Waals surface area (Å²) in [5.74, 6) is -4.33. The molecule has 10 heteroatoms. The molecular weight excluding hydrogens is 275 g/mol. The van der Waals surface area contributed by atoms with E-state index >= 15 is 0 Å². The van der Waals surface area contributed by atoms with Crippen LogP contribution in [0.3, 0.4) is 0 Å². The first-order chi connectivity index (χ1) is 6.93. The van der Waals surface area contributed by atoms with E-state index in [-0.39, 0.29) is 108 Å². The molecule has 1 atom stereocenters. The van der Waals surface area contributed by atoms with Crippen LogP contribution in [0.25, 0.3) is 0 Å². The zero-order valence-corrected chi connectivity index (χ0v) is 16.9. The van der Waals surface area contributed by atoms with Crippen molar-refractivity contribution in [3.8, 4) is 0 Å². The van der Waals surface area contributed by atoms with Crippen molar-refractivity contribution < 1.29 is 118 Å². The minimum absolute atomic E-state index is 0. The Morgan fingerprint density at radius 1 is 0.944 bits per heavy atom. The molecule has 0 amide bonds. The Morgan fingerprint density at radius 3 is 1.78 bits per heavy atom. The largest absolute Gasteiger partial charge is 1.00 e. The molecule has 0 saturated carbocycles. The van der Waals surface area contributed by atoms with E-state index in [0.717, 1.165) is 0 Å². The van der Waals surface area contributed by atoms with Crippen molar-refractivity contribution in [2.75, 3.05) is 6.54 Å². The van der Waals surface area contributed by atoms with Crippen LogP contribution >= 0.6 is 0 Å². The summed E-state index contributed by atoms with van der Waals surface area (Å²) in [6.07, 6.45) is -0.787. The van der Waals surface area contributed by atoms with Gasteiger partial charge in [-0.15, -0.1) is 0 Å². The first-order valence-corrected chi connectivity index (χ1v) is 4.27. The average molecular weight is 285 g/mol. The molecule has 86 valence electrons. The van der Waals surface area contributed by atoms with Crippen LogP contribution in [-0.4, -0.2) is 30.5 Å². The maximum absolute atomic E-state index is 10.4. The van der Waals surface area contributed by atoms with Crippen LogP contribution in [0.4, 0.5) is 0 Å². The quantitative estimate of drug-likeness (QED) is 0.346. The van der Waals surface area contributed by atoms with Crippen LogP contribution in [0, 0.1) is 0 Å². The first-order valence-electron chi connectivity index (χ1n) is 4.27. The van der Waals surface area contributed by atoms with Gasteiger partial charge in [-0.25, -0.2) is 0 Å². The van der Waals surface area contributed by atoms with E-state index in [1.807, 2.05) is 0 Å². The number of carbonyl (C=O) groups excluding carboxylic acids is 3. The second-order valence-corrected chi connectivity index (χ2v) is 2.88. The fraction of sp³-hybridized carbons (Fsp3) is 0.625. The van der Waals surface area contributed by atoms with Gasteiger partial charge in [-0.2, -0.15) is 0 Å². The molecule has 0 rings (SSSR count). The third-order valence-corrected chi connectivity index (χ3v) is 1.60. The van der Waals surface area contributed by atoms with Gasteiger partial charge in [0.25, 0.3) is 0 Å². The number of carbonyl (C=O) groups is 3. The minimum atomic E-state index is -1.56. The number of hydrogen-bond donors (Lipinski definition) is 1. The predicted molar refractivity (Wildman–Crippen MR) is 40.7 cm³/mol. The van der Waals surface area contributed by atoms with Crippen molar-refractivity contribution in [1.29, 1.82) is 0 Å². The molecule has 0 aromatic carbocycles. The molecule has 0 aromatic heterocycles. The molecule has 0 radical (unpaired) electrons. The predicted octanol–water partition coefficient (Wildman–Crippen LogP) is -13.6. The van der Waals surface area contributed by atoms with Crippen molar-refractivity contribution in [2.24, 2.45) is 0 Å². The van der Waals surface area contributed by atoms with Crippen LogP contribution < -0.4 is 109 Å². The number of carboxylic acid groups (broad SMARTS) is 3. The normalized spacial score (nSPS) is 10.0. The summed E-state index contributed by atoms with van der Waals surface area (Å²) in [5, 5.41) is 32.8. The molecular formula is C8H10NNa3O6. The summed E-state index contributed by atoms with van der Waals surface area (Å²) in [6.45, 7) is 0.0555. The second kappa shape index (κ2) is 16.4. The molecule has 0 aliphatic carbocycles. The Morgan fingerprint density at radius 2 is 1.44 bits per heavy atom. The van der Waals surface area contributed by atoms with Gasteiger partial charge in [0.2, 0.25) is 0 Å². The van der Waals surface area contributed by atoms with Crippen molar-refractivity contribution >= 4 is 17.9 Å². The van der Waals surface area contributed by atoms with Gasteiger partial charge in [-0.1, -0.05) is 0 Å². The third-order valence-electron chi connectivity index (χ3n) is 1.60. The van der Waals surface area contributed by atoms with E-state index in [2.05, 4.69) is 5.32 Å². The molecule has 0 fully saturated rings. The molecule has 18 heavy (non-hydrogen) atoms. The van der Waals surface area contributed by atoms with Gasteiger partial charge >= 0.3 is 88.7 Å². The van der Waals surface area contributed by atoms with Gasteiger partial charge in [0, 0.05) is 18.4 Å². The van der Waals surface area contributed by atoms with Gasteiger partial charge < -0.3 is 35.0 Å². The summed E-state index contributed by atoms with van der Waals surface area (Å²) in [4.78, 5) is 30.5. The van der Waals surface area contributed by atoms with E-state index in [4.69, 9.17) is 0 Å². The van der Waals surface area contributed by atoms with Crippen molar-refractivity contribution in [1.82, 2.24) is 5.32 Å². The van der Waals surface area contributed by atoms with Crippen LogP contribution in [0.1, 0.15) is 19.3 Å². The van der Waals surface area contributed by atoms with Gasteiger partial charge in [-0.05, 0) is 19.4 Å².